The Labute approximate surface area is 200 Å². The molecule has 34 heavy (non-hydrogen) atoms. The first-order valence-electron chi connectivity index (χ1n) is 11.1. The molecule has 0 spiro atoms. The highest BCUT2D eigenvalue weighted by Gasteiger charge is 2.24. The van der Waals surface area contributed by atoms with Crippen molar-refractivity contribution < 1.29 is 9.90 Å². The maximum absolute atomic E-state index is 13.8. The molecular formula is C30H26N2O2. The fourth-order valence-electron chi connectivity index (χ4n) is 3.47. The Morgan fingerprint density at radius 1 is 0.676 bits per heavy atom. The minimum Gasteiger partial charge on any atom is -0.506 e. The van der Waals surface area contributed by atoms with Crippen LogP contribution < -0.4 is 5.32 Å². The number of carbonyl (C=O) groups excluding carboxylic acids is 1. The van der Waals surface area contributed by atoms with Crippen molar-refractivity contribution in [2.45, 2.75) is 13.8 Å². The third-order valence-corrected chi connectivity index (χ3v) is 5.37. The van der Waals surface area contributed by atoms with Gasteiger partial charge in [-0.3, -0.25) is 4.79 Å². The summed E-state index contributed by atoms with van der Waals surface area (Å²) in [6.07, 6.45) is 0. The molecule has 4 heteroatoms. The molecule has 0 radical (unpaired) electrons. The number of aliphatic hydroxyl groups is 1. The van der Waals surface area contributed by atoms with Gasteiger partial charge in [0.15, 0.2) is 0 Å². The molecule has 0 aliphatic rings. The predicted octanol–water partition coefficient (Wildman–Crippen LogP) is 7.30. The van der Waals surface area contributed by atoms with E-state index in [0.29, 0.717) is 16.8 Å². The predicted molar refractivity (Wildman–Crippen MR) is 140 cm³/mol. The summed E-state index contributed by atoms with van der Waals surface area (Å²) in [6.45, 7) is 4.01. The van der Waals surface area contributed by atoms with E-state index in [4.69, 9.17) is 4.99 Å². The van der Waals surface area contributed by atoms with Crippen LogP contribution in [0.3, 0.4) is 0 Å². The number of amidine groups is 1. The van der Waals surface area contributed by atoms with Gasteiger partial charge in [0.25, 0.3) is 0 Å². The molecule has 4 rings (SSSR count). The van der Waals surface area contributed by atoms with Crippen molar-refractivity contribution in [1.29, 1.82) is 0 Å². The molecule has 0 aliphatic carbocycles. The number of ketones is 1. The van der Waals surface area contributed by atoms with Crippen LogP contribution >= 0.6 is 0 Å². The van der Waals surface area contributed by atoms with Crippen LogP contribution in [0.4, 0.5) is 11.4 Å². The van der Waals surface area contributed by atoms with Gasteiger partial charge in [-0.25, -0.2) is 4.99 Å². The van der Waals surface area contributed by atoms with E-state index in [2.05, 4.69) is 5.32 Å². The third kappa shape index (κ3) is 5.48. The summed E-state index contributed by atoms with van der Waals surface area (Å²) in [5.74, 6) is -0.199. The molecule has 0 unspecified atom stereocenters. The van der Waals surface area contributed by atoms with Gasteiger partial charge in [0.1, 0.15) is 17.2 Å². The number of rotatable bonds is 6. The van der Waals surface area contributed by atoms with E-state index in [-0.39, 0.29) is 23.0 Å². The van der Waals surface area contributed by atoms with Crippen LogP contribution in [0.1, 0.15) is 27.0 Å². The zero-order valence-corrected chi connectivity index (χ0v) is 19.2. The van der Waals surface area contributed by atoms with Crippen molar-refractivity contribution in [1.82, 2.24) is 0 Å². The van der Waals surface area contributed by atoms with Crippen molar-refractivity contribution in [2.75, 3.05) is 5.32 Å². The van der Waals surface area contributed by atoms with Gasteiger partial charge >= 0.3 is 0 Å². The Bertz CT molecular complexity index is 1320. The molecule has 0 heterocycles. The first kappa shape index (κ1) is 22.7. The Hall–Kier alpha value is -4.44. The molecule has 4 nitrogen and oxygen atoms in total. The molecule has 0 saturated heterocycles. The minimum absolute atomic E-state index is 0.0959. The summed E-state index contributed by atoms with van der Waals surface area (Å²) in [4.78, 5) is 18.5. The Kier molecular flexibility index (Phi) is 6.99. The summed E-state index contributed by atoms with van der Waals surface area (Å²) in [6, 6.07) is 33.4. The molecule has 4 aromatic carbocycles. The monoisotopic (exact) mass is 446 g/mol. The SMILES string of the molecule is Cc1ccc(N=C(Nc2ccc(C)cc2)/C(C(=O)c2ccccc2)=C(/O)c2ccccc2)cc1. The molecular weight excluding hydrogens is 420 g/mol. The number of aryl methyl sites for hydroxylation is 2. The van der Waals surface area contributed by atoms with Crippen molar-refractivity contribution in [3.63, 3.8) is 0 Å². The van der Waals surface area contributed by atoms with Crippen LogP contribution in [-0.4, -0.2) is 16.7 Å². The normalized spacial score (nSPS) is 12.1. The standard InChI is InChI=1S/C30H26N2O2/c1-21-13-17-25(18-14-21)31-30(32-26-19-15-22(2)16-20-26)27(28(33)23-9-5-3-6-10-23)29(34)24-11-7-4-8-12-24/h3-20,33H,1-2H3,(H,31,32)/b28-27+. The zero-order chi connectivity index (χ0) is 23.9. The van der Waals surface area contributed by atoms with Crippen LogP contribution in [0.2, 0.25) is 0 Å². The summed E-state index contributed by atoms with van der Waals surface area (Å²) in [5.41, 5.74) is 4.74. The fourth-order valence-corrected chi connectivity index (χ4v) is 3.47. The highest BCUT2D eigenvalue weighted by molar-refractivity contribution is 6.34. The number of nitrogens with one attached hydrogen (secondary N) is 1. The molecule has 0 atom stereocenters. The summed E-state index contributed by atoms with van der Waals surface area (Å²) in [7, 11) is 0. The number of hydrogen-bond acceptors (Lipinski definition) is 3. The first-order chi connectivity index (χ1) is 16.5. The molecule has 2 N–H and O–H groups in total. The van der Waals surface area contributed by atoms with E-state index in [1.165, 1.54) is 0 Å². The smallest absolute Gasteiger partial charge is 0.200 e. The van der Waals surface area contributed by atoms with Crippen molar-refractivity contribution >= 4 is 28.8 Å². The second kappa shape index (κ2) is 10.5. The maximum atomic E-state index is 13.8. The van der Waals surface area contributed by atoms with Crippen LogP contribution in [0.25, 0.3) is 5.76 Å². The van der Waals surface area contributed by atoms with Gasteiger partial charge in [0.2, 0.25) is 5.78 Å². The molecule has 4 aromatic rings. The fraction of sp³-hybridized carbons (Fsp3) is 0.0667. The molecule has 0 saturated carbocycles. The zero-order valence-electron chi connectivity index (χ0n) is 19.2. The molecule has 0 amide bonds. The van der Waals surface area contributed by atoms with Gasteiger partial charge in [-0.2, -0.15) is 0 Å². The average molecular weight is 447 g/mol. The molecule has 168 valence electrons. The van der Waals surface area contributed by atoms with E-state index in [1.54, 1.807) is 36.4 Å². The lowest BCUT2D eigenvalue weighted by Gasteiger charge is -2.16. The lowest BCUT2D eigenvalue weighted by molar-refractivity contribution is 0.103. The lowest BCUT2D eigenvalue weighted by Crippen LogP contribution is -2.23. The average Bonchev–Trinajstić information content (AvgIpc) is 2.87. The van der Waals surface area contributed by atoms with Gasteiger partial charge in [-0.1, -0.05) is 96.1 Å². The van der Waals surface area contributed by atoms with Gasteiger partial charge in [0, 0.05) is 16.8 Å². The number of aliphatic imine (C=N–C) groups is 1. The molecule has 0 fully saturated rings. The van der Waals surface area contributed by atoms with Gasteiger partial charge < -0.3 is 10.4 Å². The van der Waals surface area contributed by atoms with Gasteiger partial charge in [0.05, 0.1) is 5.69 Å². The number of hydrogen-bond donors (Lipinski definition) is 2. The summed E-state index contributed by atoms with van der Waals surface area (Å²) < 4.78 is 0. The van der Waals surface area contributed by atoms with E-state index >= 15 is 0 Å². The number of nitrogens with zero attached hydrogens (tertiary/aromatic N) is 1. The van der Waals surface area contributed by atoms with Crippen molar-refractivity contribution in [3.8, 4) is 0 Å². The quantitative estimate of drug-likeness (QED) is 0.107. The third-order valence-electron chi connectivity index (χ3n) is 5.37. The van der Waals surface area contributed by atoms with Gasteiger partial charge in [-0.05, 0) is 38.1 Å². The molecule has 0 bridgehead atoms. The largest absolute Gasteiger partial charge is 0.506 e. The van der Waals surface area contributed by atoms with Crippen molar-refractivity contribution in [2.24, 2.45) is 4.99 Å². The van der Waals surface area contributed by atoms with Crippen LogP contribution in [0.15, 0.2) is 120 Å². The first-order valence-corrected chi connectivity index (χ1v) is 11.1. The van der Waals surface area contributed by atoms with Crippen LogP contribution in [-0.2, 0) is 0 Å². The van der Waals surface area contributed by atoms with E-state index in [9.17, 15) is 9.90 Å². The van der Waals surface area contributed by atoms with Crippen molar-refractivity contribution in [3.05, 3.63) is 137 Å². The van der Waals surface area contributed by atoms with Crippen LogP contribution in [0.5, 0.6) is 0 Å². The second-order valence-corrected chi connectivity index (χ2v) is 8.07. The summed E-state index contributed by atoms with van der Waals surface area (Å²) in [5, 5.41) is 14.6. The Morgan fingerprint density at radius 3 is 1.74 bits per heavy atom. The Balaban J connectivity index is 1.92. The van der Waals surface area contributed by atoms with E-state index in [0.717, 1.165) is 16.8 Å². The lowest BCUT2D eigenvalue weighted by atomic mass is 9.98. The number of carbonyl (C=O) groups is 1. The van der Waals surface area contributed by atoms with E-state index in [1.807, 2.05) is 86.6 Å². The highest BCUT2D eigenvalue weighted by atomic mass is 16.3. The number of aliphatic hydroxyl groups excluding tert-OH is 1. The second-order valence-electron chi connectivity index (χ2n) is 8.07. The van der Waals surface area contributed by atoms with Crippen LogP contribution in [0, 0.1) is 13.8 Å². The summed E-state index contributed by atoms with van der Waals surface area (Å²) >= 11 is 0. The van der Waals surface area contributed by atoms with Gasteiger partial charge in [-0.15, -0.1) is 0 Å². The molecule has 0 aliphatic heterocycles. The van der Waals surface area contributed by atoms with E-state index < -0.39 is 0 Å². The number of anilines is 1. The number of benzene rings is 4. The topological polar surface area (TPSA) is 61.7 Å². The number of Topliss-reactive ketones (excluding diaryl/α,β-unsaturated/α-hetero) is 1. The molecule has 0 aromatic heterocycles. The highest BCUT2D eigenvalue weighted by Crippen LogP contribution is 2.25. The minimum atomic E-state index is -0.326. The maximum Gasteiger partial charge on any atom is 0.200 e. The Morgan fingerprint density at radius 2 is 1.18 bits per heavy atom.